The number of hydrogen-bond acceptors (Lipinski definition) is 5. The summed E-state index contributed by atoms with van der Waals surface area (Å²) in [5, 5.41) is 0. The van der Waals surface area contributed by atoms with Crippen LogP contribution in [0.5, 0.6) is 0 Å². The van der Waals surface area contributed by atoms with Crippen molar-refractivity contribution in [2.24, 2.45) is 0 Å². The number of hydrogen-bond donors (Lipinski definition) is 1. The summed E-state index contributed by atoms with van der Waals surface area (Å²) in [6, 6.07) is 1.79. The van der Waals surface area contributed by atoms with Crippen molar-refractivity contribution in [1.29, 1.82) is 0 Å². The fraction of sp³-hybridized carbons (Fsp3) is 0.556. The zero-order valence-corrected chi connectivity index (χ0v) is 9.64. The van der Waals surface area contributed by atoms with Gasteiger partial charge in [-0.25, -0.2) is 14.2 Å². The van der Waals surface area contributed by atoms with Gasteiger partial charge in [-0.05, 0) is 6.07 Å². The predicted octanol–water partition coefficient (Wildman–Crippen LogP) is -0.222. The molecule has 1 atom stereocenters. The van der Waals surface area contributed by atoms with E-state index in [-0.39, 0.29) is 5.88 Å². The third kappa shape index (κ3) is 2.97. The zero-order chi connectivity index (χ0) is 11.4. The lowest BCUT2D eigenvalue weighted by Crippen LogP contribution is -2.47. The molecule has 1 saturated heterocycles. The maximum absolute atomic E-state index is 10.7. The lowest BCUT2D eigenvalue weighted by Gasteiger charge is -2.33. The van der Waals surface area contributed by atoms with Gasteiger partial charge < -0.3 is 9.45 Å². The first-order valence-electron chi connectivity index (χ1n) is 5.07. The second-order valence-electron chi connectivity index (χ2n) is 3.60. The minimum absolute atomic E-state index is 0.226. The van der Waals surface area contributed by atoms with Crippen LogP contribution < -0.4 is 4.90 Å². The summed E-state index contributed by atoms with van der Waals surface area (Å²) in [7, 11) is 0. The molecule has 0 saturated carbocycles. The molecular formula is C9H14N4O2S. The second kappa shape index (κ2) is 5.33. The standard InChI is InChI=1S/C9H14N4O2S/c14-16(15)8-12-4-6-13(7-5-12)9-10-2-1-3-11-9/h1-3H,4-8H2,(H,14,15). The molecule has 7 heteroatoms. The molecule has 1 aromatic heterocycles. The molecule has 1 fully saturated rings. The Morgan fingerprint density at radius 3 is 2.44 bits per heavy atom. The molecule has 88 valence electrons. The summed E-state index contributed by atoms with van der Waals surface area (Å²) < 4.78 is 19.4. The summed E-state index contributed by atoms with van der Waals surface area (Å²) in [6.07, 6.45) is 3.44. The smallest absolute Gasteiger partial charge is 0.225 e. The molecule has 1 N–H and O–H groups in total. The van der Waals surface area contributed by atoms with Gasteiger partial charge >= 0.3 is 0 Å². The van der Waals surface area contributed by atoms with E-state index in [0.29, 0.717) is 0 Å². The summed E-state index contributed by atoms with van der Waals surface area (Å²) >= 11 is -1.74. The molecule has 6 nitrogen and oxygen atoms in total. The molecule has 1 aliphatic rings. The van der Waals surface area contributed by atoms with Gasteiger partial charge in [0.05, 0.1) is 0 Å². The Morgan fingerprint density at radius 1 is 1.25 bits per heavy atom. The fourth-order valence-corrected chi connectivity index (χ4v) is 2.26. The van der Waals surface area contributed by atoms with E-state index < -0.39 is 11.1 Å². The van der Waals surface area contributed by atoms with E-state index in [4.69, 9.17) is 4.55 Å². The van der Waals surface area contributed by atoms with Crippen LogP contribution in [0.4, 0.5) is 5.95 Å². The summed E-state index contributed by atoms with van der Waals surface area (Å²) in [5.74, 6) is 0.955. The molecule has 1 aliphatic heterocycles. The monoisotopic (exact) mass is 242 g/mol. The number of aromatic nitrogens is 2. The normalized spacial score (nSPS) is 19.7. The van der Waals surface area contributed by atoms with Gasteiger partial charge in [0.25, 0.3) is 0 Å². The minimum atomic E-state index is -1.74. The average Bonchev–Trinajstić information content (AvgIpc) is 2.30. The lowest BCUT2D eigenvalue weighted by molar-refractivity contribution is 0.291. The average molecular weight is 242 g/mol. The zero-order valence-electron chi connectivity index (χ0n) is 8.82. The van der Waals surface area contributed by atoms with Crippen LogP contribution in [-0.2, 0) is 11.1 Å². The summed E-state index contributed by atoms with van der Waals surface area (Å²) in [5.41, 5.74) is 0. The van der Waals surface area contributed by atoms with Crippen molar-refractivity contribution in [1.82, 2.24) is 14.9 Å². The van der Waals surface area contributed by atoms with Crippen molar-refractivity contribution < 1.29 is 8.76 Å². The van der Waals surface area contributed by atoms with E-state index in [1.807, 2.05) is 4.90 Å². The maximum Gasteiger partial charge on any atom is 0.225 e. The van der Waals surface area contributed by atoms with E-state index in [1.54, 1.807) is 18.5 Å². The highest BCUT2D eigenvalue weighted by Crippen LogP contribution is 2.09. The number of piperazine rings is 1. The fourth-order valence-electron chi connectivity index (χ4n) is 1.69. The molecular weight excluding hydrogens is 228 g/mol. The maximum atomic E-state index is 10.7. The number of nitrogens with zero attached hydrogens (tertiary/aromatic N) is 4. The highest BCUT2D eigenvalue weighted by molar-refractivity contribution is 7.79. The second-order valence-corrected chi connectivity index (χ2v) is 4.51. The Kier molecular flexibility index (Phi) is 3.81. The molecule has 0 spiro atoms. The molecule has 16 heavy (non-hydrogen) atoms. The van der Waals surface area contributed by atoms with Crippen LogP contribution in [0.15, 0.2) is 18.5 Å². The van der Waals surface area contributed by atoms with Crippen LogP contribution >= 0.6 is 0 Å². The van der Waals surface area contributed by atoms with Gasteiger partial charge in [-0.2, -0.15) is 0 Å². The van der Waals surface area contributed by atoms with E-state index in [0.717, 1.165) is 32.1 Å². The quantitative estimate of drug-likeness (QED) is 0.739. The number of rotatable bonds is 3. The van der Waals surface area contributed by atoms with Crippen molar-refractivity contribution in [2.75, 3.05) is 37.0 Å². The van der Waals surface area contributed by atoms with Crippen LogP contribution in [-0.4, -0.2) is 55.7 Å². The highest BCUT2D eigenvalue weighted by atomic mass is 32.2. The van der Waals surface area contributed by atoms with Gasteiger partial charge in [-0.1, -0.05) is 0 Å². The van der Waals surface area contributed by atoms with Gasteiger partial charge in [-0.3, -0.25) is 4.90 Å². The van der Waals surface area contributed by atoms with Crippen molar-refractivity contribution in [3.8, 4) is 0 Å². The lowest BCUT2D eigenvalue weighted by atomic mass is 10.3. The first kappa shape index (κ1) is 11.4. The van der Waals surface area contributed by atoms with Crippen molar-refractivity contribution in [2.45, 2.75) is 0 Å². The van der Waals surface area contributed by atoms with Crippen molar-refractivity contribution in [3.63, 3.8) is 0 Å². The molecule has 2 rings (SSSR count). The van der Waals surface area contributed by atoms with Crippen LogP contribution in [0.25, 0.3) is 0 Å². The molecule has 0 aromatic carbocycles. The van der Waals surface area contributed by atoms with E-state index in [1.165, 1.54) is 0 Å². The SMILES string of the molecule is O=S(O)CN1CCN(c2ncccn2)CC1. The molecule has 2 heterocycles. The Hall–Kier alpha value is -1.05. The Balaban J connectivity index is 1.88. The van der Waals surface area contributed by atoms with Gasteiger partial charge in [0.2, 0.25) is 5.95 Å². The molecule has 1 unspecified atom stereocenters. The Labute approximate surface area is 96.6 Å². The van der Waals surface area contributed by atoms with Crippen LogP contribution in [0.1, 0.15) is 0 Å². The van der Waals surface area contributed by atoms with E-state index >= 15 is 0 Å². The first-order valence-corrected chi connectivity index (χ1v) is 6.35. The van der Waals surface area contributed by atoms with Crippen LogP contribution in [0.3, 0.4) is 0 Å². The van der Waals surface area contributed by atoms with Crippen molar-refractivity contribution in [3.05, 3.63) is 18.5 Å². The topological polar surface area (TPSA) is 69.6 Å². The number of anilines is 1. The molecule has 0 bridgehead atoms. The van der Waals surface area contributed by atoms with Crippen molar-refractivity contribution >= 4 is 17.0 Å². The van der Waals surface area contributed by atoms with Crippen LogP contribution in [0, 0.1) is 0 Å². The molecule has 0 radical (unpaired) electrons. The van der Waals surface area contributed by atoms with Crippen LogP contribution in [0.2, 0.25) is 0 Å². The third-order valence-corrected chi connectivity index (χ3v) is 3.09. The van der Waals surface area contributed by atoms with Gasteiger partial charge in [0.1, 0.15) is 5.88 Å². The molecule has 0 amide bonds. The Bertz CT molecular complexity index is 354. The predicted molar refractivity (Wildman–Crippen MR) is 61.5 cm³/mol. The first-order chi connectivity index (χ1) is 7.75. The van der Waals surface area contributed by atoms with Gasteiger partial charge in [0, 0.05) is 38.6 Å². The third-order valence-electron chi connectivity index (χ3n) is 2.50. The van der Waals surface area contributed by atoms with Gasteiger partial charge in [0.15, 0.2) is 11.1 Å². The minimum Gasteiger partial charge on any atom is -0.338 e. The van der Waals surface area contributed by atoms with E-state index in [9.17, 15) is 4.21 Å². The van der Waals surface area contributed by atoms with Gasteiger partial charge in [-0.15, -0.1) is 0 Å². The molecule has 0 aliphatic carbocycles. The van der Waals surface area contributed by atoms with E-state index in [2.05, 4.69) is 14.9 Å². The Morgan fingerprint density at radius 2 is 1.88 bits per heavy atom. The summed E-state index contributed by atoms with van der Waals surface area (Å²) in [4.78, 5) is 12.4. The summed E-state index contributed by atoms with van der Waals surface area (Å²) in [6.45, 7) is 3.12. The highest BCUT2D eigenvalue weighted by Gasteiger charge is 2.19. The molecule has 1 aromatic rings. The largest absolute Gasteiger partial charge is 0.338 e.